The second-order valence-electron chi connectivity index (χ2n) is 4.91. The number of fused-ring (bicyclic) bond motifs is 1. The van der Waals surface area contributed by atoms with Crippen LogP contribution >= 0.6 is 23.2 Å². The average Bonchev–Trinajstić information content (AvgIpc) is 2.89. The number of aromatic amines is 1. The number of aromatic nitrogens is 2. The summed E-state index contributed by atoms with van der Waals surface area (Å²) in [6, 6.07) is 13.3. The SMILES string of the molecule is Cc1ccc2nc(C(C#N)=Cc3c(Cl)cccc3Cl)[nH]c2c1. The molecule has 1 heterocycles. The fourth-order valence-corrected chi connectivity index (χ4v) is 2.70. The van der Waals surface area contributed by atoms with Crippen LogP contribution in [0.2, 0.25) is 10.0 Å². The summed E-state index contributed by atoms with van der Waals surface area (Å²) < 4.78 is 0. The molecule has 0 aliphatic heterocycles. The molecule has 0 aliphatic carbocycles. The van der Waals surface area contributed by atoms with Crippen LogP contribution in [0.1, 0.15) is 17.0 Å². The Labute approximate surface area is 137 Å². The molecule has 1 aromatic heterocycles. The lowest BCUT2D eigenvalue weighted by Gasteiger charge is -2.01. The number of aryl methyl sites for hydroxylation is 1. The van der Waals surface area contributed by atoms with Crippen molar-refractivity contribution < 1.29 is 0 Å². The van der Waals surface area contributed by atoms with Gasteiger partial charge in [-0.3, -0.25) is 0 Å². The van der Waals surface area contributed by atoms with Crippen molar-refractivity contribution in [2.75, 3.05) is 0 Å². The first-order chi connectivity index (χ1) is 10.6. The topological polar surface area (TPSA) is 52.5 Å². The fourth-order valence-electron chi connectivity index (χ4n) is 2.20. The summed E-state index contributed by atoms with van der Waals surface area (Å²) in [4.78, 5) is 7.61. The van der Waals surface area contributed by atoms with E-state index in [1.807, 2.05) is 25.1 Å². The zero-order valence-corrected chi connectivity index (χ0v) is 13.2. The minimum Gasteiger partial charge on any atom is -0.337 e. The van der Waals surface area contributed by atoms with E-state index in [2.05, 4.69) is 16.0 Å². The minimum absolute atomic E-state index is 0.379. The van der Waals surface area contributed by atoms with E-state index in [1.165, 1.54) is 0 Å². The summed E-state index contributed by atoms with van der Waals surface area (Å²) in [5.74, 6) is 0.499. The Kier molecular flexibility index (Phi) is 3.89. The van der Waals surface area contributed by atoms with Crippen molar-refractivity contribution in [1.29, 1.82) is 5.26 Å². The molecule has 3 nitrogen and oxygen atoms in total. The van der Waals surface area contributed by atoms with Gasteiger partial charge in [0.1, 0.15) is 11.9 Å². The van der Waals surface area contributed by atoms with E-state index in [0.29, 0.717) is 27.0 Å². The first kappa shape index (κ1) is 14.6. The third kappa shape index (κ3) is 2.71. The lowest BCUT2D eigenvalue weighted by molar-refractivity contribution is 1.27. The molecule has 1 N–H and O–H groups in total. The minimum atomic E-state index is 0.379. The monoisotopic (exact) mass is 327 g/mol. The van der Waals surface area contributed by atoms with Crippen molar-refractivity contribution in [3.63, 3.8) is 0 Å². The summed E-state index contributed by atoms with van der Waals surface area (Å²) in [7, 11) is 0. The van der Waals surface area contributed by atoms with Gasteiger partial charge in [-0.15, -0.1) is 0 Å². The number of nitriles is 1. The Bertz CT molecular complexity index is 912. The summed E-state index contributed by atoms with van der Waals surface area (Å²) >= 11 is 12.3. The maximum atomic E-state index is 9.44. The van der Waals surface area contributed by atoms with Crippen molar-refractivity contribution in [1.82, 2.24) is 9.97 Å². The smallest absolute Gasteiger partial charge is 0.149 e. The molecule has 3 rings (SSSR count). The second kappa shape index (κ2) is 5.84. The molecule has 108 valence electrons. The van der Waals surface area contributed by atoms with E-state index in [9.17, 15) is 5.26 Å². The molecular weight excluding hydrogens is 317 g/mol. The van der Waals surface area contributed by atoms with Crippen LogP contribution in [-0.4, -0.2) is 9.97 Å². The molecule has 0 bridgehead atoms. The highest BCUT2D eigenvalue weighted by Gasteiger charge is 2.10. The summed E-state index contributed by atoms with van der Waals surface area (Å²) in [5.41, 5.74) is 3.82. The quantitative estimate of drug-likeness (QED) is 0.654. The highest BCUT2D eigenvalue weighted by Crippen LogP contribution is 2.28. The van der Waals surface area contributed by atoms with Crippen LogP contribution in [0.3, 0.4) is 0 Å². The number of hydrogen-bond acceptors (Lipinski definition) is 2. The van der Waals surface area contributed by atoms with Crippen molar-refractivity contribution >= 4 is 45.9 Å². The van der Waals surface area contributed by atoms with Crippen molar-refractivity contribution in [3.05, 3.63) is 63.4 Å². The number of H-pyrrole nitrogens is 1. The highest BCUT2D eigenvalue weighted by atomic mass is 35.5. The molecule has 0 unspecified atom stereocenters. The van der Waals surface area contributed by atoms with E-state index in [4.69, 9.17) is 23.2 Å². The number of hydrogen-bond donors (Lipinski definition) is 1. The van der Waals surface area contributed by atoms with Gasteiger partial charge in [-0.1, -0.05) is 35.3 Å². The van der Waals surface area contributed by atoms with E-state index in [-0.39, 0.29) is 0 Å². The molecule has 22 heavy (non-hydrogen) atoms. The third-order valence-corrected chi connectivity index (χ3v) is 3.96. The number of nitrogens with zero attached hydrogens (tertiary/aromatic N) is 2. The Hall–Kier alpha value is -2.28. The van der Waals surface area contributed by atoms with Gasteiger partial charge in [0, 0.05) is 15.6 Å². The molecule has 0 amide bonds. The Morgan fingerprint density at radius 3 is 2.64 bits per heavy atom. The number of rotatable bonds is 2. The Morgan fingerprint density at radius 1 is 1.23 bits per heavy atom. The van der Waals surface area contributed by atoms with Gasteiger partial charge < -0.3 is 4.98 Å². The maximum absolute atomic E-state index is 9.44. The van der Waals surface area contributed by atoms with Gasteiger partial charge in [0.25, 0.3) is 0 Å². The molecule has 0 aliphatic rings. The molecule has 2 aromatic carbocycles. The predicted molar refractivity (Wildman–Crippen MR) is 90.8 cm³/mol. The lowest BCUT2D eigenvalue weighted by atomic mass is 10.1. The molecule has 5 heteroatoms. The van der Waals surface area contributed by atoms with Gasteiger partial charge in [-0.25, -0.2) is 4.98 Å². The molecular formula is C17H11Cl2N3. The number of allylic oxidation sites excluding steroid dienone is 1. The fraction of sp³-hybridized carbons (Fsp3) is 0.0588. The normalized spacial score (nSPS) is 11.6. The van der Waals surface area contributed by atoms with Crippen molar-refractivity contribution in [3.8, 4) is 6.07 Å². The van der Waals surface area contributed by atoms with Crippen molar-refractivity contribution in [2.24, 2.45) is 0 Å². The van der Waals surface area contributed by atoms with Crippen LogP contribution in [0.5, 0.6) is 0 Å². The zero-order valence-electron chi connectivity index (χ0n) is 11.7. The lowest BCUT2D eigenvalue weighted by Crippen LogP contribution is -1.86. The van der Waals surface area contributed by atoms with Gasteiger partial charge in [0.05, 0.1) is 16.6 Å². The number of imidazole rings is 1. The molecule has 0 fully saturated rings. The van der Waals surface area contributed by atoms with Gasteiger partial charge in [0.15, 0.2) is 0 Å². The number of nitrogens with one attached hydrogen (secondary N) is 1. The molecule has 0 radical (unpaired) electrons. The van der Waals surface area contributed by atoms with Gasteiger partial charge in [-0.2, -0.15) is 5.26 Å². The van der Waals surface area contributed by atoms with Crippen LogP contribution in [0.4, 0.5) is 0 Å². The Balaban J connectivity index is 2.14. The van der Waals surface area contributed by atoms with Crippen LogP contribution in [0, 0.1) is 18.3 Å². The van der Waals surface area contributed by atoms with Crippen LogP contribution in [0.25, 0.3) is 22.7 Å². The van der Waals surface area contributed by atoms with Crippen LogP contribution in [-0.2, 0) is 0 Å². The van der Waals surface area contributed by atoms with Gasteiger partial charge in [-0.05, 0) is 42.8 Å². The zero-order chi connectivity index (χ0) is 15.7. The maximum Gasteiger partial charge on any atom is 0.149 e. The molecule has 0 saturated heterocycles. The molecule has 0 saturated carbocycles. The van der Waals surface area contributed by atoms with E-state index in [1.54, 1.807) is 24.3 Å². The van der Waals surface area contributed by atoms with Crippen molar-refractivity contribution in [2.45, 2.75) is 6.92 Å². The standard InChI is InChI=1S/C17H11Cl2N3/c1-10-5-6-15-16(7-10)22-17(21-15)11(9-20)8-12-13(18)3-2-4-14(12)19/h2-8H,1H3,(H,21,22). The van der Waals surface area contributed by atoms with Gasteiger partial charge in [0.2, 0.25) is 0 Å². The summed E-state index contributed by atoms with van der Waals surface area (Å²) in [6.07, 6.45) is 1.65. The summed E-state index contributed by atoms with van der Waals surface area (Å²) in [5, 5.41) is 10.4. The summed E-state index contributed by atoms with van der Waals surface area (Å²) in [6.45, 7) is 2.00. The molecule has 0 atom stereocenters. The predicted octanol–water partition coefficient (Wildman–Crippen LogP) is 5.24. The van der Waals surface area contributed by atoms with E-state index in [0.717, 1.165) is 16.6 Å². The average molecular weight is 328 g/mol. The van der Waals surface area contributed by atoms with Crippen LogP contribution < -0.4 is 0 Å². The first-order valence-corrected chi connectivity index (χ1v) is 7.36. The molecule has 3 aromatic rings. The second-order valence-corrected chi connectivity index (χ2v) is 5.73. The van der Waals surface area contributed by atoms with Gasteiger partial charge >= 0.3 is 0 Å². The number of halogens is 2. The van der Waals surface area contributed by atoms with Crippen LogP contribution in [0.15, 0.2) is 36.4 Å². The number of benzene rings is 2. The Morgan fingerprint density at radius 2 is 1.95 bits per heavy atom. The molecule has 0 spiro atoms. The first-order valence-electron chi connectivity index (χ1n) is 6.61. The third-order valence-electron chi connectivity index (χ3n) is 3.30. The highest BCUT2D eigenvalue weighted by molar-refractivity contribution is 6.37. The largest absolute Gasteiger partial charge is 0.337 e. The van der Waals surface area contributed by atoms with E-state index >= 15 is 0 Å². The van der Waals surface area contributed by atoms with E-state index < -0.39 is 0 Å².